The van der Waals surface area contributed by atoms with Crippen molar-refractivity contribution in [1.82, 2.24) is 0 Å². The van der Waals surface area contributed by atoms with Crippen LogP contribution in [0, 0.1) is 0 Å². The smallest absolute Gasteiger partial charge is 0.305 e. The number of esters is 2. The number of benzene rings is 1. The van der Waals surface area contributed by atoms with Gasteiger partial charge in [0, 0.05) is 23.7 Å². The Morgan fingerprint density at radius 2 is 1.33 bits per heavy atom. The van der Waals surface area contributed by atoms with E-state index in [1.807, 2.05) is 24.3 Å². The van der Waals surface area contributed by atoms with Gasteiger partial charge in [-0.1, -0.05) is 92.8 Å². The predicted molar refractivity (Wildman–Crippen MR) is 125 cm³/mol. The average molecular weight is 483 g/mol. The zero-order valence-electron chi connectivity index (χ0n) is 18.6. The molecular formula is C25H39BrO4. The molecule has 0 aliphatic heterocycles. The molecule has 0 fully saturated rings. The van der Waals surface area contributed by atoms with Crippen LogP contribution in [0.1, 0.15) is 96.0 Å². The minimum Gasteiger partial charge on any atom is -0.466 e. The van der Waals surface area contributed by atoms with E-state index in [9.17, 15) is 9.59 Å². The molecule has 0 spiro atoms. The first-order valence-electron chi connectivity index (χ1n) is 11.7. The van der Waals surface area contributed by atoms with E-state index in [2.05, 4.69) is 22.9 Å². The molecule has 0 aliphatic carbocycles. The molecule has 1 aromatic carbocycles. The summed E-state index contributed by atoms with van der Waals surface area (Å²) in [6.07, 6.45) is 14.3. The number of halogens is 1. The van der Waals surface area contributed by atoms with Gasteiger partial charge in [-0.25, -0.2) is 0 Å². The van der Waals surface area contributed by atoms with E-state index in [-0.39, 0.29) is 24.8 Å². The van der Waals surface area contributed by atoms with Gasteiger partial charge in [0.2, 0.25) is 0 Å². The maximum absolute atomic E-state index is 11.8. The van der Waals surface area contributed by atoms with Crippen molar-refractivity contribution in [2.24, 2.45) is 0 Å². The van der Waals surface area contributed by atoms with Crippen molar-refractivity contribution < 1.29 is 19.1 Å². The highest BCUT2D eigenvalue weighted by molar-refractivity contribution is 9.10. The van der Waals surface area contributed by atoms with Crippen LogP contribution in [0.15, 0.2) is 28.7 Å². The number of unbranched alkanes of at least 4 members (excludes halogenated alkanes) is 9. The lowest BCUT2D eigenvalue weighted by Crippen LogP contribution is -2.10. The van der Waals surface area contributed by atoms with Gasteiger partial charge in [-0.05, 0) is 30.5 Å². The van der Waals surface area contributed by atoms with Crippen LogP contribution in [-0.4, -0.2) is 25.2 Å². The van der Waals surface area contributed by atoms with Gasteiger partial charge in [0.05, 0.1) is 13.2 Å². The minimum absolute atomic E-state index is 0.215. The monoisotopic (exact) mass is 482 g/mol. The highest BCUT2D eigenvalue weighted by atomic mass is 79.9. The molecule has 1 aromatic rings. The van der Waals surface area contributed by atoms with Crippen LogP contribution >= 0.6 is 15.9 Å². The molecule has 0 N–H and O–H groups in total. The van der Waals surface area contributed by atoms with Gasteiger partial charge >= 0.3 is 11.9 Å². The number of carbonyl (C=O) groups excluding carboxylic acids is 2. The van der Waals surface area contributed by atoms with Crippen LogP contribution in [0.2, 0.25) is 0 Å². The molecule has 0 saturated heterocycles. The van der Waals surface area contributed by atoms with E-state index in [1.165, 1.54) is 51.4 Å². The van der Waals surface area contributed by atoms with Crippen LogP contribution < -0.4 is 0 Å². The quantitative estimate of drug-likeness (QED) is 0.164. The Bertz CT molecular complexity index is 588. The maximum atomic E-state index is 11.8. The fourth-order valence-corrected chi connectivity index (χ4v) is 3.72. The SMILES string of the molecule is CCCCCCCCCCCCOC(=O)CCCC(=O)OCCc1cccc(Br)c1. The fraction of sp³-hybridized carbons (Fsp3) is 0.680. The molecule has 0 bridgehead atoms. The summed E-state index contributed by atoms with van der Waals surface area (Å²) in [6, 6.07) is 7.94. The molecule has 0 aliphatic rings. The van der Waals surface area contributed by atoms with Crippen molar-refractivity contribution in [3.05, 3.63) is 34.3 Å². The molecule has 30 heavy (non-hydrogen) atoms. The molecule has 0 radical (unpaired) electrons. The topological polar surface area (TPSA) is 52.6 Å². The lowest BCUT2D eigenvalue weighted by atomic mass is 10.1. The van der Waals surface area contributed by atoms with Gasteiger partial charge in [-0.3, -0.25) is 9.59 Å². The van der Waals surface area contributed by atoms with E-state index in [1.54, 1.807) is 0 Å². The van der Waals surface area contributed by atoms with E-state index < -0.39 is 0 Å². The van der Waals surface area contributed by atoms with Crippen LogP contribution in [-0.2, 0) is 25.5 Å². The number of rotatable bonds is 18. The highest BCUT2D eigenvalue weighted by Gasteiger charge is 2.07. The van der Waals surface area contributed by atoms with Crippen LogP contribution in [0.3, 0.4) is 0 Å². The van der Waals surface area contributed by atoms with Crippen molar-refractivity contribution in [2.75, 3.05) is 13.2 Å². The van der Waals surface area contributed by atoms with Gasteiger partial charge in [0.1, 0.15) is 0 Å². The zero-order chi connectivity index (χ0) is 21.9. The third kappa shape index (κ3) is 15.5. The second-order valence-corrected chi connectivity index (χ2v) is 8.77. The van der Waals surface area contributed by atoms with Crippen molar-refractivity contribution >= 4 is 27.9 Å². The average Bonchev–Trinajstić information content (AvgIpc) is 2.72. The fourth-order valence-electron chi connectivity index (χ4n) is 3.27. The highest BCUT2D eigenvalue weighted by Crippen LogP contribution is 2.13. The largest absolute Gasteiger partial charge is 0.466 e. The van der Waals surface area contributed by atoms with Gasteiger partial charge in [0.15, 0.2) is 0 Å². The third-order valence-electron chi connectivity index (χ3n) is 5.07. The summed E-state index contributed by atoms with van der Waals surface area (Å²) in [5.41, 5.74) is 1.12. The van der Waals surface area contributed by atoms with Gasteiger partial charge in [-0.2, -0.15) is 0 Å². The summed E-state index contributed by atoms with van der Waals surface area (Å²) in [6.45, 7) is 3.10. The Labute approximate surface area is 191 Å². The van der Waals surface area contributed by atoms with Crippen LogP contribution in [0.25, 0.3) is 0 Å². The molecule has 0 atom stereocenters. The lowest BCUT2D eigenvalue weighted by molar-refractivity contribution is -0.145. The number of hydrogen-bond acceptors (Lipinski definition) is 4. The molecule has 5 heteroatoms. The van der Waals surface area contributed by atoms with Crippen molar-refractivity contribution in [3.8, 4) is 0 Å². The Morgan fingerprint density at radius 3 is 1.93 bits per heavy atom. The molecule has 0 heterocycles. The summed E-state index contributed by atoms with van der Waals surface area (Å²) < 4.78 is 11.5. The summed E-state index contributed by atoms with van der Waals surface area (Å²) in [5.74, 6) is -0.472. The van der Waals surface area contributed by atoms with Gasteiger partial charge < -0.3 is 9.47 Å². The summed E-state index contributed by atoms with van der Waals surface area (Å²) in [5, 5.41) is 0. The second kappa shape index (κ2) is 18.4. The third-order valence-corrected chi connectivity index (χ3v) is 5.56. The molecule has 170 valence electrons. The first kappa shape index (κ1) is 26.7. The standard InChI is InChI=1S/C25H39BrO4/c1-2-3-4-5-6-7-8-9-10-11-19-29-24(27)16-13-17-25(28)30-20-18-22-14-12-15-23(26)21-22/h12,14-15,21H,2-11,13,16-20H2,1H3. The number of ether oxygens (including phenoxy) is 2. The Hall–Kier alpha value is -1.36. The number of hydrogen-bond donors (Lipinski definition) is 0. The van der Waals surface area contributed by atoms with Gasteiger partial charge in [-0.15, -0.1) is 0 Å². The first-order valence-corrected chi connectivity index (χ1v) is 12.5. The first-order chi connectivity index (χ1) is 14.6. The number of carbonyl (C=O) groups is 2. The van der Waals surface area contributed by atoms with Crippen LogP contribution in [0.5, 0.6) is 0 Å². The molecule has 0 saturated carbocycles. The maximum Gasteiger partial charge on any atom is 0.305 e. The Balaban J connectivity index is 1.89. The molecule has 0 amide bonds. The minimum atomic E-state index is -0.257. The van der Waals surface area contributed by atoms with E-state index >= 15 is 0 Å². The molecule has 4 nitrogen and oxygen atoms in total. The van der Waals surface area contributed by atoms with Gasteiger partial charge in [0.25, 0.3) is 0 Å². The summed E-state index contributed by atoms with van der Waals surface area (Å²) in [7, 11) is 0. The van der Waals surface area contributed by atoms with E-state index in [0.29, 0.717) is 26.1 Å². The molecule has 0 aromatic heterocycles. The predicted octanol–water partition coefficient (Wildman–Crippen LogP) is 7.17. The molecule has 1 rings (SSSR count). The Morgan fingerprint density at radius 1 is 0.767 bits per heavy atom. The van der Waals surface area contributed by atoms with Crippen molar-refractivity contribution in [2.45, 2.75) is 96.8 Å². The normalized spacial score (nSPS) is 10.7. The van der Waals surface area contributed by atoms with E-state index in [4.69, 9.17) is 9.47 Å². The summed E-state index contributed by atoms with van der Waals surface area (Å²) >= 11 is 3.42. The Kier molecular flexibility index (Phi) is 16.4. The lowest BCUT2D eigenvalue weighted by Gasteiger charge is -2.06. The summed E-state index contributed by atoms with van der Waals surface area (Å²) in [4.78, 5) is 23.5. The van der Waals surface area contributed by atoms with E-state index in [0.717, 1.165) is 22.9 Å². The molecular weight excluding hydrogens is 444 g/mol. The second-order valence-electron chi connectivity index (χ2n) is 7.86. The van der Waals surface area contributed by atoms with Crippen molar-refractivity contribution in [3.63, 3.8) is 0 Å². The van der Waals surface area contributed by atoms with Crippen molar-refractivity contribution in [1.29, 1.82) is 0 Å². The zero-order valence-corrected chi connectivity index (χ0v) is 20.2. The van der Waals surface area contributed by atoms with Crippen LogP contribution in [0.4, 0.5) is 0 Å². The molecule has 0 unspecified atom stereocenters.